The monoisotopic (exact) mass is 469 g/mol. The standard InChI is InChI=1S/C19H25N3O5P2S/c1-20-19(29(23,25-4)26-5)16-8-12-18(13-9-16)27-28(30)22(2)21-14-15-6-10-17(24-3)11-7-15/h6-14,19H,1-5H3/b21-14-. The highest BCUT2D eigenvalue weighted by molar-refractivity contribution is 8.02. The van der Waals surface area contributed by atoms with Crippen molar-refractivity contribution in [2.45, 2.75) is 5.78 Å². The summed E-state index contributed by atoms with van der Waals surface area (Å²) in [7, 11) is 2.84. The third-order valence-corrected chi connectivity index (χ3v) is 8.16. The first-order chi connectivity index (χ1) is 14.4. The molecule has 30 heavy (non-hydrogen) atoms. The molecule has 0 fully saturated rings. The summed E-state index contributed by atoms with van der Waals surface area (Å²) < 4.78 is 35.3. The van der Waals surface area contributed by atoms with Crippen LogP contribution in [0.15, 0.2) is 53.6 Å². The van der Waals surface area contributed by atoms with Gasteiger partial charge in [0.1, 0.15) is 5.75 Å². The maximum Gasteiger partial charge on any atom is 0.540 e. The molecule has 8 nitrogen and oxygen atoms in total. The summed E-state index contributed by atoms with van der Waals surface area (Å²) in [4.78, 5) is 0. The van der Waals surface area contributed by atoms with Gasteiger partial charge in [0.05, 0.1) is 20.4 Å². The summed E-state index contributed by atoms with van der Waals surface area (Å²) in [5.74, 6) is 0.637. The van der Waals surface area contributed by atoms with Crippen LogP contribution in [-0.2, 0) is 25.4 Å². The molecule has 0 aliphatic rings. The lowest BCUT2D eigenvalue weighted by molar-refractivity contribution is 0.269. The molecule has 0 amide bonds. The van der Waals surface area contributed by atoms with Crippen LogP contribution in [0.2, 0.25) is 0 Å². The van der Waals surface area contributed by atoms with Gasteiger partial charge in [0.2, 0.25) is 11.8 Å². The number of nitrogens with zero attached hydrogens (tertiary/aromatic N) is 3. The van der Waals surface area contributed by atoms with E-state index in [0.29, 0.717) is 11.3 Å². The first-order valence-corrected chi connectivity index (χ1v) is 12.7. The Hall–Kier alpha value is -1.86. The summed E-state index contributed by atoms with van der Waals surface area (Å²) >= 11 is 5.43. The highest BCUT2D eigenvalue weighted by Gasteiger charge is 2.28. The average Bonchev–Trinajstić information content (AvgIpc) is 2.79. The van der Waals surface area contributed by atoms with Gasteiger partial charge in [0.25, 0.3) is 0 Å². The van der Waals surface area contributed by atoms with Crippen LogP contribution in [0.5, 0.6) is 11.5 Å². The number of methoxy groups -OCH3 is 1. The second kappa shape index (κ2) is 11.5. The minimum atomic E-state index is -3.37. The molecule has 0 heterocycles. The van der Waals surface area contributed by atoms with E-state index in [2.05, 4.69) is 10.4 Å². The van der Waals surface area contributed by atoms with Gasteiger partial charge < -0.3 is 19.1 Å². The SMILES string of the molecule is C[N-]C(c1ccc(O[P+](=S)N(C)/N=C\c2ccc(OC)cc2)cc1)P(=O)(OC)OC. The number of hydrogen-bond acceptors (Lipinski definition) is 7. The van der Waals surface area contributed by atoms with Crippen LogP contribution in [0.25, 0.3) is 5.32 Å². The van der Waals surface area contributed by atoms with Crippen LogP contribution < -0.4 is 9.26 Å². The molecule has 0 N–H and O–H groups in total. The Balaban J connectivity index is 2.02. The zero-order chi connectivity index (χ0) is 22.1. The van der Waals surface area contributed by atoms with Crippen molar-refractivity contribution >= 4 is 32.7 Å². The molecule has 2 aromatic carbocycles. The van der Waals surface area contributed by atoms with Gasteiger partial charge in [-0.1, -0.05) is 22.5 Å². The van der Waals surface area contributed by atoms with E-state index in [1.54, 1.807) is 56.5 Å². The van der Waals surface area contributed by atoms with Crippen molar-refractivity contribution in [3.8, 4) is 11.5 Å². The van der Waals surface area contributed by atoms with Gasteiger partial charge in [-0.2, -0.15) is 7.05 Å². The molecule has 11 heteroatoms. The van der Waals surface area contributed by atoms with Gasteiger partial charge in [-0.25, -0.2) is 0 Å². The number of hydrazone groups is 1. The molecule has 2 unspecified atom stereocenters. The van der Waals surface area contributed by atoms with Crippen molar-refractivity contribution < 1.29 is 22.9 Å². The fourth-order valence-corrected chi connectivity index (χ4v) is 4.79. The Morgan fingerprint density at radius 3 is 2.13 bits per heavy atom. The van der Waals surface area contributed by atoms with Crippen molar-refractivity contribution in [2.24, 2.45) is 5.10 Å². The van der Waals surface area contributed by atoms with Crippen LogP contribution >= 0.6 is 14.7 Å². The second-order valence-corrected chi connectivity index (χ2v) is 10.4. The Morgan fingerprint density at radius 1 is 1.07 bits per heavy atom. The van der Waals surface area contributed by atoms with Crippen molar-refractivity contribution in [1.29, 1.82) is 0 Å². The topological polar surface area (TPSA) is 83.7 Å². The number of benzene rings is 2. The second-order valence-electron chi connectivity index (χ2n) is 5.94. The molecule has 0 aliphatic carbocycles. The molecular weight excluding hydrogens is 444 g/mol. The molecule has 2 rings (SSSR count). The average molecular weight is 469 g/mol. The van der Waals surface area contributed by atoms with E-state index in [-0.39, 0.29) is 0 Å². The lowest BCUT2D eigenvalue weighted by Gasteiger charge is -2.33. The van der Waals surface area contributed by atoms with Gasteiger partial charge >= 0.3 is 14.7 Å². The number of rotatable bonds is 11. The maximum absolute atomic E-state index is 12.6. The van der Waals surface area contributed by atoms with Gasteiger partial charge in [0, 0.05) is 14.2 Å². The molecule has 0 radical (unpaired) electrons. The molecule has 0 aromatic heterocycles. The van der Waals surface area contributed by atoms with Crippen LogP contribution in [0.4, 0.5) is 0 Å². The number of hydrogen-bond donors (Lipinski definition) is 0. The maximum atomic E-state index is 12.6. The fourth-order valence-electron chi connectivity index (χ4n) is 2.48. The first kappa shape index (κ1) is 24.4. The molecule has 2 aromatic rings. The van der Waals surface area contributed by atoms with Gasteiger partial charge in [-0.3, -0.25) is 9.09 Å². The normalized spacial score (nSPS) is 13.2. The molecule has 0 spiro atoms. The predicted octanol–water partition coefficient (Wildman–Crippen LogP) is 5.30. The molecule has 0 bridgehead atoms. The van der Waals surface area contributed by atoms with E-state index < -0.39 is 20.5 Å². The minimum absolute atomic E-state index is 0.575. The lowest BCUT2D eigenvalue weighted by atomic mass is 10.2. The Morgan fingerprint density at radius 2 is 1.63 bits per heavy atom. The predicted molar refractivity (Wildman–Crippen MR) is 123 cm³/mol. The van der Waals surface area contributed by atoms with E-state index in [0.717, 1.165) is 11.3 Å². The van der Waals surface area contributed by atoms with E-state index in [1.807, 2.05) is 24.3 Å². The van der Waals surface area contributed by atoms with Crippen molar-refractivity contribution in [2.75, 3.05) is 35.4 Å². The fraction of sp³-hybridized carbons (Fsp3) is 0.316. The zero-order valence-corrected chi connectivity index (χ0v) is 20.1. The zero-order valence-electron chi connectivity index (χ0n) is 17.5. The molecule has 0 saturated carbocycles. The van der Waals surface area contributed by atoms with Crippen LogP contribution in [0, 0.1) is 0 Å². The van der Waals surface area contributed by atoms with Gasteiger partial charge in [-0.15, -0.1) is 5.10 Å². The highest BCUT2D eigenvalue weighted by Crippen LogP contribution is 2.61. The Kier molecular flexibility index (Phi) is 9.37. The van der Waals surface area contributed by atoms with Crippen molar-refractivity contribution in [3.63, 3.8) is 0 Å². The van der Waals surface area contributed by atoms with E-state index in [1.165, 1.54) is 14.2 Å². The smallest absolute Gasteiger partial charge is 0.540 e. The largest absolute Gasteiger partial charge is 0.648 e. The Bertz CT molecular complexity index is 901. The quantitative estimate of drug-likeness (QED) is 0.251. The van der Waals surface area contributed by atoms with Crippen molar-refractivity contribution in [3.05, 3.63) is 65.0 Å². The van der Waals surface area contributed by atoms with Gasteiger partial charge in [-0.05, 0) is 47.7 Å². The third-order valence-electron chi connectivity index (χ3n) is 4.14. The summed E-state index contributed by atoms with van der Waals surface area (Å²) in [6.07, 6.45) is 1.70. The summed E-state index contributed by atoms with van der Waals surface area (Å²) in [5, 5.41) is 8.49. The van der Waals surface area contributed by atoms with Crippen molar-refractivity contribution in [1.82, 2.24) is 4.78 Å². The molecular formula is C19H25N3O5P2S. The third kappa shape index (κ3) is 6.32. The highest BCUT2D eigenvalue weighted by atomic mass is 32.4. The summed E-state index contributed by atoms with van der Waals surface area (Å²) in [6, 6.07) is 14.5. The molecule has 0 aliphatic heterocycles. The summed E-state index contributed by atoms with van der Waals surface area (Å²) in [6.45, 7) is 0. The van der Waals surface area contributed by atoms with E-state index in [9.17, 15) is 4.57 Å². The molecule has 162 valence electrons. The first-order valence-electron chi connectivity index (χ1n) is 8.83. The van der Waals surface area contributed by atoms with Crippen LogP contribution in [-0.4, -0.2) is 46.4 Å². The van der Waals surface area contributed by atoms with Crippen LogP contribution in [0.1, 0.15) is 16.9 Å². The lowest BCUT2D eigenvalue weighted by Crippen LogP contribution is -2.04. The van der Waals surface area contributed by atoms with Crippen LogP contribution in [0.3, 0.4) is 0 Å². The van der Waals surface area contributed by atoms with E-state index >= 15 is 0 Å². The number of ether oxygens (including phenoxy) is 1. The Labute approximate surface area is 183 Å². The van der Waals surface area contributed by atoms with E-state index in [4.69, 9.17) is 30.1 Å². The van der Waals surface area contributed by atoms with Gasteiger partial charge in [0.15, 0.2) is 5.75 Å². The molecule has 0 saturated heterocycles. The minimum Gasteiger partial charge on any atom is -0.648 e. The molecule has 2 atom stereocenters. The summed E-state index contributed by atoms with van der Waals surface area (Å²) in [5.41, 5.74) is 1.61.